The summed E-state index contributed by atoms with van der Waals surface area (Å²) in [5.74, 6) is 0.153. The summed E-state index contributed by atoms with van der Waals surface area (Å²) < 4.78 is 33.7. The lowest BCUT2D eigenvalue weighted by molar-refractivity contribution is -0.0164. The van der Waals surface area contributed by atoms with Crippen LogP contribution in [0.15, 0.2) is 35.5 Å². The number of likely N-dealkylation sites (tertiary alicyclic amines) is 1. The summed E-state index contributed by atoms with van der Waals surface area (Å²) in [5, 5.41) is 1.51. The summed E-state index contributed by atoms with van der Waals surface area (Å²) in [6.07, 6.45) is 2.98. The highest BCUT2D eigenvalue weighted by atomic mass is 32.2. The second-order valence-electron chi connectivity index (χ2n) is 8.59. The number of ether oxygens (including phenoxy) is 1. The SMILES string of the molecule is Cc1cncc2cccc(S(=O)(=O)N3CC4CN(C(=O)OC(C)(C)C)C4C3)c12. The molecular weight excluding hydrogens is 378 g/mol. The topological polar surface area (TPSA) is 79.8 Å². The van der Waals surface area contributed by atoms with Crippen LogP contribution >= 0.6 is 0 Å². The molecule has 150 valence electrons. The lowest BCUT2D eigenvalue weighted by Gasteiger charge is -2.43. The Morgan fingerprint density at radius 3 is 2.64 bits per heavy atom. The molecule has 28 heavy (non-hydrogen) atoms. The Hall–Kier alpha value is -2.19. The molecule has 0 N–H and O–H groups in total. The first-order valence-electron chi connectivity index (χ1n) is 9.41. The van der Waals surface area contributed by atoms with Gasteiger partial charge in [0.2, 0.25) is 10.0 Å². The van der Waals surface area contributed by atoms with Gasteiger partial charge < -0.3 is 9.64 Å². The molecule has 2 aliphatic heterocycles. The molecule has 3 heterocycles. The Kier molecular flexibility index (Phi) is 4.39. The largest absolute Gasteiger partial charge is 0.444 e. The number of benzene rings is 1. The van der Waals surface area contributed by atoms with E-state index in [0.717, 1.165) is 10.9 Å². The summed E-state index contributed by atoms with van der Waals surface area (Å²) in [7, 11) is -3.67. The van der Waals surface area contributed by atoms with Crippen LogP contribution in [0.1, 0.15) is 26.3 Å². The van der Waals surface area contributed by atoms with Crippen molar-refractivity contribution in [2.24, 2.45) is 5.92 Å². The zero-order chi connectivity index (χ0) is 20.3. The standard InChI is InChI=1S/C20H25N3O4S/c1-13-8-21-9-14-6-5-7-17(18(13)14)28(25,26)22-10-15-11-23(16(15)12-22)19(24)27-20(2,3)4/h5-9,15-16H,10-12H2,1-4H3. The van der Waals surface area contributed by atoms with Gasteiger partial charge in [-0.25, -0.2) is 13.2 Å². The lowest BCUT2D eigenvalue weighted by atomic mass is 9.93. The van der Waals surface area contributed by atoms with E-state index in [4.69, 9.17) is 4.74 Å². The van der Waals surface area contributed by atoms with Crippen LogP contribution in [0, 0.1) is 12.8 Å². The van der Waals surface area contributed by atoms with E-state index in [-0.39, 0.29) is 18.1 Å². The van der Waals surface area contributed by atoms with Crippen LogP contribution in [0.25, 0.3) is 10.8 Å². The van der Waals surface area contributed by atoms with Gasteiger partial charge in [0, 0.05) is 48.7 Å². The highest BCUT2D eigenvalue weighted by Gasteiger charge is 2.52. The molecule has 0 saturated carbocycles. The number of hydrogen-bond acceptors (Lipinski definition) is 5. The summed E-state index contributed by atoms with van der Waals surface area (Å²) in [4.78, 5) is 18.5. The molecule has 0 bridgehead atoms. The molecule has 1 aromatic heterocycles. The number of nitrogens with zero attached hydrogens (tertiary/aromatic N) is 3. The molecule has 4 rings (SSSR count). The van der Waals surface area contributed by atoms with E-state index in [0.29, 0.717) is 29.9 Å². The van der Waals surface area contributed by atoms with E-state index in [1.54, 1.807) is 29.4 Å². The predicted molar refractivity (Wildman–Crippen MR) is 105 cm³/mol. The quantitative estimate of drug-likeness (QED) is 0.770. The maximum absolute atomic E-state index is 13.4. The smallest absolute Gasteiger partial charge is 0.410 e. The van der Waals surface area contributed by atoms with E-state index in [1.807, 2.05) is 33.8 Å². The first kappa shape index (κ1) is 19.1. The van der Waals surface area contributed by atoms with Gasteiger partial charge in [-0.05, 0) is 39.3 Å². The van der Waals surface area contributed by atoms with Crippen molar-refractivity contribution in [3.63, 3.8) is 0 Å². The number of aryl methyl sites for hydroxylation is 1. The highest BCUT2D eigenvalue weighted by molar-refractivity contribution is 7.89. The summed E-state index contributed by atoms with van der Waals surface area (Å²) in [6, 6.07) is 5.14. The van der Waals surface area contributed by atoms with Gasteiger partial charge in [0.25, 0.3) is 0 Å². The molecule has 2 saturated heterocycles. The molecule has 1 amide bonds. The van der Waals surface area contributed by atoms with Gasteiger partial charge in [-0.3, -0.25) is 4.98 Å². The fraction of sp³-hybridized carbons (Fsp3) is 0.500. The first-order valence-corrected chi connectivity index (χ1v) is 10.8. The molecule has 0 radical (unpaired) electrons. The van der Waals surface area contributed by atoms with Crippen LogP contribution in [-0.2, 0) is 14.8 Å². The second-order valence-corrected chi connectivity index (χ2v) is 10.5. The maximum atomic E-state index is 13.4. The third-order valence-corrected chi connectivity index (χ3v) is 7.26. The minimum Gasteiger partial charge on any atom is -0.444 e. The van der Waals surface area contributed by atoms with E-state index in [2.05, 4.69) is 4.98 Å². The van der Waals surface area contributed by atoms with E-state index < -0.39 is 15.6 Å². The number of carbonyl (C=O) groups is 1. The minimum absolute atomic E-state index is 0.123. The number of fused-ring (bicyclic) bond motifs is 2. The number of carbonyl (C=O) groups excluding carboxylic acids is 1. The predicted octanol–water partition coefficient (Wildman–Crippen LogP) is 2.78. The van der Waals surface area contributed by atoms with Crippen LogP contribution in [0.5, 0.6) is 0 Å². The normalized spacial score (nSPS) is 22.8. The van der Waals surface area contributed by atoms with Crippen molar-refractivity contribution in [2.75, 3.05) is 19.6 Å². The molecule has 8 heteroatoms. The monoisotopic (exact) mass is 403 g/mol. The zero-order valence-corrected chi connectivity index (χ0v) is 17.4. The van der Waals surface area contributed by atoms with E-state index in [1.165, 1.54) is 4.31 Å². The maximum Gasteiger partial charge on any atom is 0.410 e. The zero-order valence-electron chi connectivity index (χ0n) is 16.5. The molecule has 1 aromatic carbocycles. The van der Waals surface area contributed by atoms with Gasteiger partial charge in [0.1, 0.15) is 5.60 Å². The van der Waals surface area contributed by atoms with Crippen molar-refractivity contribution in [1.82, 2.24) is 14.2 Å². The molecule has 2 aromatic rings. The van der Waals surface area contributed by atoms with Crippen molar-refractivity contribution < 1.29 is 17.9 Å². The fourth-order valence-corrected chi connectivity index (χ4v) is 5.85. The molecule has 2 atom stereocenters. The van der Waals surface area contributed by atoms with Gasteiger partial charge in [-0.1, -0.05) is 12.1 Å². The average molecular weight is 404 g/mol. The summed E-state index contributed by atoms with van der Waals surface area (Å²) >= 11 is 0. The van der Waals surface area contributed by atoms with Gasteiger partial charge >= 0.3 is 6.09 Å². The van der Waals surface area contributed by atoms with Gasteiger partial charge in [-0.15, -0.1) is 0 Å². The van der Waals surface area contributed by atoms with Crippen molar-refractivity contribution in [1.29, 1.82) is 0 Å². The summed E-state index contributed by atoms with van der Waals surface area (Å²) in [5.41, 5.74) is 0.260. The van der Waals surface area contributed by atoms with Gasteiger partial charge in [-0.2, -0.15) is 4.31 Å². The number of aromatic nitrogens is 1. The highest BCUT2D eigenvalue weighted by Crippen LogP contribution is 2.37. The third-order valence-electron chi connectivity index (χ3n) is 5.38. The Balaban J connectivity index is 1.59. The average Bonchev–Trinajstić information content (AvgIpc) is 2.90. The van der Waals surface area contributed by atoms with Crippen molar-refractivity contribution in [3.05, 3.63) is 36.2 Å². The number of pyridine rings is 1. The van der Waals surface area contributed by atoms with Gasteiger partial charge in [0.05, 0.1) is 10.9 Å². The molecule has 0 aliphatic carbocycles. The van der Waals surface area contributed by atoms with E-state index in [9.17, 15) is 13.2 Å². The van der Waals surface area contributed by atoms with Crippen LogP contribution in [0.3, 0.4) is 0 Å². The van der Waals surface area contributed by atoms with E-state index >= 15 is 0 Å². The molecule has 0 spiro atoms. The first-order chi connectivity index (χ1) is 13.1. The second kappa shape index (κ2) is 6.42. The molecule has 2 aliphatic rings. The molecule has 2 unspecified atom stereocenters. The van der Waals surface area contributed by atoms with Crippen molar-refractivity contribution in [3.8, 4) is 0 Å². The van der Waals surface area contributed by atoms with Crippen LogP contribution in [-0.4, -0.2) is 60.0 Å². The number of sulfonamides is 1. The summed E-state index contributed by atoms with van der Waals surface area (Å²) in [6.45, 7) is 8.60. The third kappa shape index (κ3) is 3.14. The Morgan fingerprint density at radius 2 is 1.93 bits per heavy atom. The minimum atomic E-state index is -3.67. The molecule has 2 fully saturated rings. The van der Waals surface area contributed by atoms with Crippen LogP contribution < -0.4 is 0 Å². The lowest BCUT2D eigenvalue weighted by Crippen LogP contribution is -2.59. The van der Waals surface area contributed by atoms with Crippen molar-refractivity contribution in [2.45, 2.75) is 44.2 Å². The number of rotatable bonds is 2. The van der Waals surface area contributed by atoms with Crippen molar-refractivity contribution >= 4 is 26.9 Å². The van der Waals surface area contributed by atoms with Crippen LogP contribution in [0.2, 0.25) is 0 Å². The van der Waals surface area contributed by atoms with Crippen LogP contribution in [0.4, 0.5) is 4.79 Å². The number of amides is 1. The Morgan fingerprint density at radius 1 is 1.18 bits per heavy atom. The van der Waals surface area contributed by atoms with Gasteiger partial charge in [0.15, 0.2) is 0 Å². The molecular formula is C20H25N3O4S. The Bertz CT molecular complexity index is 1040. The Labute approximate surface area is 165 Å². The number of hydrogen-bond donors (Lipinski definition) is 0. The molecule has 7 nitrogen and oxygen atoms in total. The fourth-order valence-electron chi connectivity index (χ4n) is 4.05.